The van der Waals surface area contributed by atoms with Crippen molar-refractivity contribution in [1.82, 2.24) is 0 Å². The van der Waals surface area contributed by atoms with Crippen LogP contribution in [0.15, 0.2) is 23.3 Å². The molecule has 4 heteroatoms. The van der Waals surface area contributed by atoms with Crippen molar-refractivity contribution in [2.24, 2.45) is 16.9 Å². The van der Waals surface area contributed by atoms with Crippen LogP contribution in [0.2, 0.25) is 0 Å². The van der Waals surface area contributed by atoms with Crippen LogP contribution in [0, 0.1) is 23.5 Å². The number of benzene rings is 1. The molecule has 0 aromatic heterocycles. The van der Waals surface area contributed by atoms with Gasteiger partial charge in [-0.2, -0.15) is 5.10 Å². The lowest BCUT2D eigenvalue weighted by atomic mass is 9.81. The van der Waals surface area contributed by atoms with Gasteiger partial charge in [-0.15, -0.1) is 0 Å². The zero-order chi connectivity index (χ0) is 13.1. The molecule has 0 heterocycles. The third-order valence-electron chi connectivity index (χ3n) is 3.52. The van der Waals surface area contributed by atoms with Crippen molar-refractivity contribution in [3.8, 4) is 0 Å². The highest BCUT2D eigenvalue weighted by atomic mass is 19.1. The summed E-state index contributed by atoms with van der Waals surface area (Å²) in [7, 11) is 0. The number of hydrazone groups is 1. The van der Waals surface area contributed by atoms with Gasteiger partial charge in [0.25, 0.3) is 0 Å². The monoisotopic (exact) mass is 252 g/mol. The lowest BCUT2D eigenvalue weighted by Crippen LogP contribution is -2.25. The van der Waals surface area contributed by atoms with Gasteiger partial charge in [-0.3, -0.25) is 5.43 Å². The van der Waals surface area contributed by atoms with Crippen LogP contribution in [0.25, 0.3) is 0 Å². The first-order chi connectivity index (χ1) is 8.58. The lowest BCUT2D eigenvalue weighted by molar-refractivity contribution is 0.486. The number of anilines is 1. The molecule has 1 aromatic carbocycles. The topological polar surface area (TPSA) is 24.4 Å². The molecule has 0 radical (unpaired) electrons. The van der Waals surface area contributed by atoms with Crippen molar-refractivity contribution >= 4 is 11.4 Å². The highest BCUT2D eigenvalue weighted by Gasteiger charge is 2.22. The predicted octanol–water partition coefficient (Wildman–Crippen LogP) is 4.19. The van der Waals surface area contributed by atoms with Crippen LogP contribution in [0.1, 0.15) is 33.1 Å². The summed E-state index contributed by atoms with van der Waals surface area (Å²) in [6.07, 6.45) is 3.46. The van der Waals surface area contributed by atoms with E-state index in [1.807, 2.05) is 0 Å². The molecule has 0 saturated heterocycles. The molecule has 0 amide bonds. The molecule has 18 heavy (non-hydrogen) atoms. The van der Waals surface area contributed by atoms with E-state index in [2.05, 4.69) is 24.4 Å². The average Bonchev–Trinajstić information content (AvgIpc) is 2.31. The Morgan fingerprint density at radius 2 is 1.83 bits per heavy atom. The summed E-state index contributed by atoms with van der Waals surface area (Å²) in [6, 6.07) is 3.45. The minimum Gasteiger partial charge on any atom is -0.276 e. The van der Waals surface area contributed by atoms with Crippen LogP contribution in [0.5, 0.6) is 0 Å². The van der Waals surface area contributed by atoms with Gasteiger partial charge in [0.05, 0.1) is 5.69 Å². The molecular weight excluding hydrogens is 234 g/mol. The largest absolute Gasteiger partial charge is 0.276 e. The Morgan fingerprint density at radius 1 is 1.17 bits per heavy atom. The Bertz CT molecular complexity index is 445. The van der Waals surface area contributed by atoms with Gasteiger partial charge < -0.3 is 0 Å². The molecule has 1 fully saturated rings. The highest BCUT2D eigenvalue weighted by molar-refractivity contribution is 5.89. The fraction of sp³-hybridized carbons (Fsp3) is 0.500. The number of nitrogens with zero attached hydrogens (tertiary/aromatic N) is 1. The Kier molecular flexibility index (Phi) is 3.94. The van der Waals surface area contributed by atoms with Gasteiger partial charge in [-0.25, -0.2) is 8.78 Å². The van der Waals surface area contributed by atoms with E-state index in [1.54, 1.807) is 0 Å². The zero-order valence-electron chi connectivity index (χ0n) is 10.7. The number of hydrogen-bond donors (Lipinski definition) is 1. The van der Waals surface area contributed by atoms with Crippen molar-refractivity contribution in [2.75, 3.05) is 5.43 Å². The van der Waals surface area contributed by atoms with Crippen LogP contribution in [-0.4, -0.2) is 5.71 Å². The van der Waals surface area contributed by atoms with Crippen molar-refractivity contribution in [2.45, 2.75) is 33.1 Å². The summed E-state index contributed by atoms with van der Waals surface area (Å²) in [5.41, 5.74) is 4.01. The van der Waals surface area contributed by atoms with Gasteiger partial charge in [0.2, 0.25) is 0 Å². The van der Waals surface area contributed by atoms with E-state index < -0.39 is 11.6 Å². The first kappa shape index (κ1) is 13.0. The summed E-state index contributed by atoms with van der Waals surface area (Å²) in [6.45, 7) is 4.27. The predicted molar refractivity (Wildman–Crippen MR) is 69.6 cm³/mol. The molecule has 0 unspecified atom stereocenters. The van der Waals surface area contributed by atoms with Gasteiger partial charge in [-0.05, 0) is 36.8 Å². The normalized spacial score (nSPS) is 23.9. The van der Waals surface area contributed by atoms with Crippen molar-refractivity contribution in [3.05, 3.63) is 29.8 Å². The van der Waals surface area contributed by atoms with Gasteiger partial charge in [0, 0.05) is 11.8 Å². The van der Waals surface area contributed by atoms with Crippen LogP contribution in [-0.2, 0) is 0 Å². The number of halogens is 2. The van der Waals surface area contributed by atoms with E-state index in [0.29, 0.717) is 11.8 Å². The van der Waals surface area contributed by atoms with Crippen LogP contribution < -0.4 is 5.43 Å². The standard InChI is InChI=1S/C14H18F2N2/c1-9-4-3-5-10(2)14(9)18-17-13-7-6-11(15)8-12(13)16/h6-10,17H,3-5H2,1-2H3/t9-,10-/m0/s1. The summed E-state index contributed by atoms with van der Waals surface area (Å²) in [5, 5.41) is 4.31. The highest BCUT2D eigenvalue weighted by Crippen LogP contribution is 2.26. The summed E-state index contributed by atoms with van der Waals surface area (Å²) in [4.78, 5) is 0. The van der Waals surface area contributed by atoms with E-state index in [9.17, 15) is 8.78 Å². The molecule has 0 bridgehead atoms. The quantitative estimate of drug-likeness (QED) is 0.784. The smallest absolute Gasteiger partial charge is 0.151 e. The van der Waals surface area contributed by atoms with Crippen LogP contribution >= 0.6 is 0 Å². The molecule has 2 atom stereocenters. The maximum Gasteiger partial charge on any atom is 0.151 e. The van der Waals surface area contributed by atoms with Gasteiger partial charge >= 0.3 is 0 Å². The summed E-state index contributed by atoms with van der Waals surface area (Å²) < 4.78 is 26.2. The zero-order valence-corrected chi connectivity index (χ0v) is 10.7. The third kappa shape index (κ3) is 2.86. The second-order valence-corrected chi connectivity index (χ2v) is 5.01. The molecule has 1 saturated carbocycles. The van der Waals surface area contributed by atoms with Crippen molar-refractivity contribution < 1.29 is 8.78 Å². The molecule has 1 aliphatic rings. The van der Waals surface area contributed by atoms with Crippen LogP contribution in [0.3, 0.4) is 0 Å². The molecule has 1 N–H and O–H groups in total. The Morgan fingerprint density at radius 3 is 2.44 bits per heavy atom. The fourth-order valence-corrected chi connectivity index (χ4v) is 2.44. The molecule has 0 spiro atoms. The Balaban J connectivity index is 2.13. The van der Waals surface area contributed by atoms with Crippen molar-refractivity contribution in [3.63, 3.8) is 0 Å². The Hall–Kier alpha value is -1.45. The number of nitrogens with one attached hydrogen (secondary N) is 1. The molecule has 98 valence electrons. The summed E-state index contributed by atoms with van der Waals surface area (Å²) in [5.74, 6) is -0.352. The minimum absolute atomic E-state index is 0.217. The maximum atomic E-state index is 13.4. The van der Waals surface area contributed by atoms with E-state index >= 15 is 0 Å². The van der Waals surface area contributed by atoms with Gasteiger partial charge in [0.15, 0.2) is 5.82 Å². The van der Waals surface area contributed by atoms with Gasteiger partial charge in [-0.1, -0.05) is 20.3 Å². The fourth-order valence-electron chi connectivity index (χ4n) is 2.44. The minimum atomic E-state index is -0.615. The van der Waals surface area contributed by atoms with Crippen molar-refractivity contribution in [1.29, 1.82) is 0 Å². The first-order valence-corrected chi connectivity index (χ1v) is 6.36. The van der Waals surface area contributed by atoms with E-state index in [1.165, 1.54) is 18.6 Å². The summed E-state index contributed by atoms with van der Waals surface area (Å²) >= 11 is 0. The van der Waals surface area contributed by atoms with Gasteiger partial charge in [0.1, 0.15) is 5.82 Å². The molecule has 2 nitrogen and oxygen atoms in total. The number of hydrogen-bond acceptors (Lipinski definition) is 2. The number of rotatable bonds is 2. The van der Waals surface area contributed by atoms with Crippen LogP contribution in [0.4, 0.5) is 14.5 Å². The third-order valence-corrected chi connectivity index (χ3v) is 3.52. The second-order valence-electron chi connectivity index (χ2n) is 5.01. The Labute approximate surface area is 106 Å². The maximum absolute atomic E-state index is 13.4. The molecular formula is C14H18F2N2. The van der Waals surface area contributed by atoms with E-state index in [0.717, 1.165) is 24.6 Å². The molecule has 2 rings (SSSR count). The molecule has 1 aliphatic carbocycles. The first-order valence-electron chi connectivity index (χ1n) is 6.36. The molecule has 1 aromatic rings. The lowest BCUT2D eigenvalue weighted by Gasteiger charge is -2.26. The average molecular weight is 252 g/mol. The van der Waals surface area contributed by atoms with E-state index in [-0.39, 0.29) is 5.69 Å². The van der Waals surface area contributed by atoms with E-state index in [4.69, 9.17) is 0 Å². The second kappa shape index (κ2) is 5.46. The molecule has 0 aliphatic heterocycles. The SMILES string of the molecule is C[C@H]1CCC[C@H](C)C1=NNc1ccc(F)cc1F.